The number of anilines is 1. The lowest BCUT2D eigenvalue weighted by molar-refractivity contribution is -0.123. The summed E-state index contributed by atoms with van der Waals surface area (Å²) in [6.45, 7) is 0.996. The Kier molecular flexibility index (Phi) is 6.77. The molecule has 17 heteroatoms. The minimum atomic E-state index is -3.49. The van der Waals surface area contributed by atoms with E-state index in [-0.39, 0.29) is 46.3 Å². The summed E-state index contributed by atoms with van der Waals surface area (Å²) in [5, 5.41) is 13.3. The first-order valence-electron chi connectivity index (χ1n) is 15.3. The molecule has 5 aromatic rings. The fraction of sp³-hybridized carbons (Fsp3) is 0.312. The van der Waals surface area contributed by atoms with Gasteiger partial charge in [0.25, 0.3) is 24.0 Å². The number of fused-ring (bicyclic) bond motifs is 5. The fourth-order valence-electron chi connectivity index (χ4n) is 7.42. The number of nitrogens with one attached hydrogen (secondary N) is 2. The van der Waals surface area contributed by atoms with Gasteiger partial charge in [0.05, 0.1) is 11.7 Å². The summed E-state index contributed by atoms with van der Waals surface area (Å²) in [5.74, 6) is -9.01. The van der Waals surface area contributed by atoms with Gasteiger partial charge in [-0.3, -0.25) is 14.3 Å². The lowest BCUT2D eigenvalue weighted by Gasteiger charge is -2.23. The molecule has 1 aliphatic heterocycles. The van der Waals surface area contributed by atoms with E-state index in [1.807, 2.05) is 0 Å². The molecule has 252 valence electrons. The van der Waals surface area contributed by atoms with E-state index in [9.17, 15) is 27.2 Å². The normalized spacial score (nSPS) is 20.7. The number of aromatic nitrogens is 6. The number of hydrogen-bond donors (Lipinski definition) is 3. The zero-order chi connectivity index (χ0) is 34.5. The summed E-state index contributed by atoms with van der Waals surface area (Å²) in [6, 6.07) is 6.46. The molecule has 4 N–H and O–H groups in total. The molecule has 2 aromatic carbocycles. The monoisotopic (exact) mass is 681 g/mol. The highest BCUT2D eigenvalue weighted by atomic mass is 19.3. The Morgan fingerprint density at radius 3 is 2.63 bits per heavy atom. The molecule has 1 saturated carbocycles. The maximum atomic E-state index is 15.5. The average molecular weight is 682 g/mol. The minimum Gasteiger partial charge on any atom is -0.383 e. The molecule has 0 bridgehead atoms. The van der Waals surface area contributed by atoms with Gasteiger partial charge in [0, 0.05) is 41.1 Å². The Morgan fingerprint density at radius 2 is 1.90 bits per heavy atom. The molecule has 49 heavy (non-hydrogen) atoms. The molecule has 1 fully saturated rings. The lowest BCUT2D eigenvalue weighted by Crippen LogP contribution is -2.35. The molecule has 2 aliphatic carbocycles. The second-order valence-corrected chi connectivity index (χ2v) is 12.5. The van der Waals surface area contributed by atoms with Crippen LogP contribution in [0.1, 0.15) is 69.4 Å². The van der Waals surface area contributed by atoms with Gasteiger partial charge in [-0.2, -0.15) is 28.5 Å². The van der Waals surface area contributed by atoms with E-state index < -0.39 is 71.6 Å². The first-order valence-corrected chi connectivity index (χ1v) is 15.3. The largest absolute Gasteiger partial charge is 0.383 e. The molecule has 3 aromatic heterocycles. The first-order chi connectivity index (χ1) is 23.3. The van der Waals surface area contributed by atoms with Crippen molar-refractivity contribution in [1.82, 2.24) is 40.0 Å². The predicted octanol–water partition coefficient (Wildman–Crippen LogP) is 4.58. The lowest BCUT2D eigenvalue weighted by atomic mass is 9.94. The van der Waals surface area contributed by atoms with E-state index in [2.05, 4.69) is 30.8 Å². The van der Waals surface area contributed by atoms with Crippen LogP contribution in [0.2, 0.25) is 0 Å². The molecule has 8 rings (SSSR count). The molecule has 2 unspecified atom stereocenters. The molecule has 3 aliphatic rings. The van der Waals surface area contributed by atoms with Crippen molar-refractivity contribution in [3.8, 4) is 11.1 Å². The van der Waals surface area contributed by atoms with Crippen molar-refractivity contribution in [3.63, 3.8) is 0 Å². The van der Waals surface area contributed by atoms with Crippen molar-refractivity contribution in [2.24, 2.45) is 11.8 Å². The van der Waals surface area contributed by atoms with E-state index in [4.69, 9.17) is 5.73 Å². The Morgan fingerprint density at radius 1 is 1.14 bits per heavy atom. The van der Waals surface area contributed by atoms with E-state index in [0.717, 1.165) is 17.7 Å². The van der Waals surface area contributed by atoms with E-state index in [0.29, 0.717) is 28.4 Å². The molecular formula is C32H25F6N9O2. The van der Waals surface area contributed by atoms with Gasteiger partial charge in [-0.1, -0.05) is 19.1 Å². The van der Waals surface area contributed by atoms with Crippen molar-refractivity contribution in [2.45, 2.75) is 50.7 Å². The van der Waals surface area contributed by atoms with Gasteiger partial charge in [-0.15, -0.1) is 0 Å². The summed E-state index contributed by atoms with van der Waals surface area (Å²) >= 11 is 0. The quantitative estimate of drug-likeness (QED) is 0.203. The van der Waals surface area contributed by atoms with Crippen LogP contribution in [0, 0.1) is 23.5 Å². The third-order valence-corrected chi connectivity index (χ3v) is 9.57. The van der Waals surface area contributed by atoms with Gasteiger partial charge in [-0.25, -0.2) is 22.5 Å². The molecule has 2 amide bonds. The summed E-state index contributed by atoms with van der Waals surface area (Å²) < 4.78 is 89.4. The van der Waals surface area contributed by atoms with Gasteiger partial charge in [-0.05, 0) is 47.2 Å². The molecule has 0 saturated heterocycles. The van der Waals surface area contributed by atoms with Crippen LogP contribution in [-0.4, -0.2) is 41.2 Å². The maximum Gasteiger partial charge on any atom is 0.293 e. The Labute approximate surface area is 272 Å². The molecular weight excluding hydrogens is 656 g/mol. The van der Waals surface area contributed by atoms with Crippen LogP contribution in [0.15, 0.2) is 42.7 Å². The van der Waals surface area contributed by atoms with Gasteiger partial charge in [0.15, 0.2) is 0 Å². The van der Waals surface area contributed by atoms with Crippen molar-refractivity contribution >= 4 is 23.4 Å². The number of rotatable bonds is 8. The zero-order valence-electron chi connectivity index (χ0n) is 25.4. The zero-order valence-corrected chi connectivity index (χ0v) is 25.4. The third-order valence-electron chi connectivity index (χ3n) is 9.57. The summed E-state index contributed by atoms with van der Waals surface area (Å²) in [4.78, 5) is 34.9. The predicted molar refractivity (Wildman–Crippen MR) is 159 cm³/mol. The second-order valence-electron chi connectivity index (χ2n) is 12.5. The SMILES string of the molecule is C[C@@H]1C2c3c(C(F)F)nn(CC(=O)N[C@@H](Cc4cc(F)cc(F)c4)c4nc5ncnn5c(N)c4-c4ccc5c(c4)C(=O)NC5)c3C(F)(F)C21. The third kappa shape index (κ3) is 4.81. The van der Waals surface area contributed by atoms with Crippen LogP contribution >= 0.6 is 0 Å². The number of halogens is 6. The molecule has 0 spiro atoms. The van der Waals surface area contributed by atoms with Crippen LogP contribution in [0.25, 0.3) is 16.9 Å². The van der Waals surface area contributed by atoms with Gasteiger partial charge < -0.3 is 16.4 Å². The topological polar surface area (TPSA) is 145 Å². The van der Waals surface area contributed by atoms with Crippen LogP contribution < -0.4 is 16.4 Å². The number of carbonyl (C=O) groups is 2. The second kappa shape index (κ2) is 10.8. The summed E-state index contributed by atoms with van der Waals surface area (Å²) in [6.07, 6.45) is -2.25. The van der Waals surface area contributed by atoms with Gasteiger partial charge >= 0.3 is 0 Å². The van der Waals surface area contributed by atoms with Crippen LogP contribution in [0.3, 0.4) is 0 Å². The molecule has 4 atom stereocenters. The van der Waals surface area contributed by atoms with E-state index in [1.165, 1.54) is 10.8 Å². The van der Waals surface area contributed by atoms with Crippen molar-refractivity contribution in [1.29, 1.82) is 0 Å². The summed E-state index contributed by atoms with van der Waals surface area (Å²) in [5.41, 5.74) is 6.65. The number of benzene rings is 2. The Balaban J connectivity index is 1.23. The number of alkyl halides is 4. The number of amides is 2. The van der Waals surface area contributed by atoms with Gasteiger partial charge in [0.2, 0.25) is 5.91 Å². The van der Waals surface area contributed by atoms with E-state index >= 15 is 8.78 Å². The van der Waals surface area contributed by atoms with Crippen molar-refractivity contribution in [2.75, 3.05) is 5.73 Å². The van der Waals surface area contributed by atoms with E-state index in [1.54, 1.807) is 25.1 Å². The number of nitrogens with two attached hydrogens (primary N) is 1. The van der Waals surface area contributed by atoms with Gasteiger partial charge in [0.1, 0.15) is 41.7 Å². The number of nitrogen functional groups attached to an aromatic ring is 1. The first kappa shape index (κ1) is 30.8. The molecule has 0 radical (unpaired) electrons. The highest BCUT2D eigenvalue weighted by molar-refractivity contribution is 6.00. The minimum absolute atomic E-state index is 0.0000137. The number of hydrogen-bond acceptors (Lipinski definition) is 7. The standard InChI is InChI=1S/C32H25F6N9O2/c1-12-21-23-26(28(35)36)45-46(27(23)32(37,38)24(12)21)10-20(48)43-19(6-13-4-16(33)8-17(34)5-13)25-22(29(39)47-31(44-25)41-11-42-47)14-2-3-15-9-40-30(49)18(15)7-14/h2-5,7-8,11-12,19,21,24,28H,6,9-10,39H2,1H3,(H,40,49)(H,43,48)/t12-,19+,21?,24?/m1/s1. The highest BCUT2D eigenvalue weighted by Gasteiger charge is 2.71. The van der Waals surface area contributed by atoms with Crippen LogP contribution in [-0.2, 0) is 30.2 Å². The van der Waals surface area contributed by atoms with Crippen LogP contribution in [0.5, 0.6) is 0 Å². The average Bonchev–Trinajstić information content (AvgIpc) is 3.45. The molecule has 11 nitrogen and oxygen atoms in total. The smallest absolute Gasteiger partial charge is 0.293 e. The highest BCUT2D eigenvalue weighted by Crippen LogP contribution is 2.71. The van der Waals surface area contributed by atoms with Crippen LogP contribution in [0.4, 0.5) is 32.2 Å². The number of carbonyl (C=O) groups excluding carboxylic acids is 2. The summed E-state index contributed by atoms with van der Waals surface area (Å²) in [7, 11) is 0. The van der Waals surface area contributed by atoms with Crippen molar-refractivity contribution < 1.29 is 35.9 Å². The molecule has 4 heterocycles. The number of nitrogens with zero attached hydrogens (tertiary/aromatic N) is 6. The fourth-order valence-corrected chi connectivity index (χ4v) is 7.42. The van der Waals surface area contributed by atoms with Crippen molar-refractivity contribution in [3.05, 3.63) is 93.7 Å². The Bertz CT molecular complexity index is 2200. The Hall–Kier alpha value is -5.48. The maximum absolute atomic E-state index is 15.5.